The highest BCUT2D eigenvalue weighted by Crippen LogP contribution is 2.43. The standard InChI is InChI=1S/C27H26O8/c1-5-23(28)34-16(3)14-32-25-19-9-7-8-10-20(19)26(33-15-17(4)35-24(29)6-2)22-13-18(27(30)31)11-12-21(22)25/h5-13,16-17H,1-2,14-15H2,3-4H3,(H,30,31). The summed E-state index contributed by atoms with van der Waals surface area (Å²) in [6.07, 6.45) is 1.02. The van der Waals surface area contributed by atoms with E-state index in [2.05, 4.69) is 13.2 Å². The molecule has 0 heterocycles. The average Bonchev–Trinajstić information content (AvgIpc) is 2.85. The van der Waals surface area contributed by atoms with E-state index in [1.54, 1.807) is 19.9 Å². The molecule has 0 aromatic heterocycles. The molecule has 0 saturated heterocycles. The third kappa shape index (κ3) is 5.97. The number of rotatable bonds is 11. The number of hydrogen-bond donors (Lipinski definition) is 1. The molecule has 0 amide bonds. The van der Waals surface area contributed by atoms with Crippen molar-refractivity contribution in [2.75, 3.05) is 13.2 Å². The van der Waals surface area contributed by atoms with Gasteiger partial charge in [0.15, 0.2) is 0 Å². The smallest absolute Gasteiger partial charge is 0.335 e. The van der Waals surface area contributed by atoms with Crippen LogP contribution in [0.25, 0.3) is 21.5 Å². The van der Waals surface area contributed by atoms with Crippen LogP contribution in [0.2, 0.25) is 0 Å². The molecule has 0 spiro atoms. The van der Waals surface area contributed by atoms with Crippen LogP contribution in [0.5, 0.6) is 11.5 Å². The van der Waals surface area contributed by atoms with Gasteiger partial charge < -0.3 is 24.1 Å². The molecule has 0 fully saturated rings. The van der Waals surface area contributed by atoms with Crippen molar-refractivity contribution in [3.05, 3.63) is 73.3 Å². The molecule has 1 N–H and O–H groups in total. The van der Waals surface area contributed by atoms with E-state index >= 15 is 0 Å². The number of aromatic carboxylic acids is 1. The Morgan fingerprint density at radius 3 is 1.71 bits per heavy atom. The van der Waals surface area contributed by atoms with Gasteiger partial charge in [-0.05, 0) is 32.0 Å². The van der Waals surface area contributed by atoms with Crippen molar-refractivity contribution in [1.82, 2.24) is 0 Å². The van der Waals surface area contributed by atoms with Crippen molar-refractivity contribution in [3.63, 3.8) is 0 Å². The summed E-state index contributed by atoms with van der Waals surface area (Å²) in [6.45, 7) is 10.2. The molecular formula is C27H26O8. The summed E-state index contributed by atoms with van der Waals surface area (Å²) in [4.78, 5) is 34.7. The Morgan fingerprint density at radius 2 is 1.26 bits per heavy atom. The highest BCUT2D eigenvalue weighted by Gasteiger charge is 2.20. The van der Waals surface area contributed by atoms with Crippen molar-refractivity contribution in [3.8, 4) is 11.5 Å². The van der Waals surface area contributed by atoms with E-state index in [1.807, 2.05) is 24.3 Å². The van der Waals surface area contributed by atoms with Gasteiger partial charge in [0.25, 0.3) is 0 Å². The number of carbonyl (C=O) groups excluding carboxylic acids is 2. The average molecular weight is 478 g/mol. The number of carboxylic acid groups (broad SMARTS) is 1. The predicted molar refractivity (Wildman–Crippen MR) is 131 cm³/mol. The van der Waals surface area contributed by atoms with Gasteiger partial charge in [0.2, 0.25) is 0 Å². The number of ether oxygens (including phenoxy) is 4. The van der Waals surface area contributed by atoms with Crippen LogP contribution in [0.15, 0.2) is 67.8 Å². The molecule has 0 aliphatic heterocycles. The summed E-state index contributed by atoms with van der Waals surface area (Å²) in [6, 6.07) is 12.0. The fraction of sp³-hybridized carbons (Fsp3) is 0.222. The summed E-state index contributed by atoms with van der Waals surface area (Å²) in [5, 5.41) is 12.1. The van der Waals surface area contributed by atoms with Gasteiger partial charge in [0.05, 0.1) is 5.56 Å². The molecule has 0 bridgehead atoms. The maximum absolute atomic E-state index is 11.7. The van der Waals surface area contributed by atoms with Gasteiger partial charge in [-0.2, -0.15) is 0 Å². The lowest BCUT2D eigenvalue weighted by Crippen LogP contribution is -2.21. The lowest BCUT2D eigenvalue weighted by Gasteiger charge is -2.21. The number of carboxylic acids is 1. The van der Waals surface area contributed by atoms with Gasteiger partial charge in [-0.15, -0.1) is 0 Å². The third-order valence-electron chi connectivity index (χ3n) is 5.06. The van der Waals surface area contributed by atoms with E-state index in [9.17, 15) is 19.5 Å². The molecule has 8 heteroatoms. The van der Waals surface area contributed by atoms with Gasteiger partial charge >= 0.3 is 17.9 Å². The Morgan fingerprint density at radius 1 is 0.800 bits per heavy atom. The third-order valence-corrected chi connectivity index (χ3v) is 5.06. The van der Waals surface area contributed by atoms with Crippen LogP contribution in [0.1, 0.15) is 24.2 Å². The monoisotopic (exact) mass is 478 g/mol. The summed E-state index contributed by atoms with van der Waals surface area (Å²) < 4.78 is 22.6. The fourth-order valence-electron chi connectivity index (χ4n) is 3.51. The van der Waals surface area contributed by atoms with E-state index in [-0.39, 0.29) is 18.8 Å². The van der Waals surface area contributed by atoms with Crippen molar-refractivity contribution in [2.45, 2.75) is 26.1 Å². The van der Waals surface area contributed by atoms with Crippen molar-refractivity contribution in [2.24, 2.45) is 0 Å². The molecule has 35 heavy (non-hydrogen) atoms. The molecule has 0 radical (unpaired) electrons. The zero-order chi connectivity index (χ0) is 25.5. The molecule has 0 aliphatic carbocycles. The second-order valence-corrected chi connectivity index (χ2v) is 7.79. The van der Waals surface area contributed by atoms with Gasteiger partial charge in [-0.25, -0.2) is 14.4 Å². The van der Waals surface area contributed by atoms with E-state index in [0.717, 1.165) is 17.5 Å². The highest BCUT2D eigenvalue weighted by atomic mass is 16.6. The van der Waals surface area contributed by atoms with Crippen LogP contribution in [0.3, 0.4) is 0 Å². The van der Waals surface area contributed by atoms with Crippen LogP contribution in [0.4, 0.5) is 0 Å². The number of fused-ring (bicyclic) bond motifs is 2. The number of carbonyl (C=O) groups is 3. The first kappa shape index (κ1) is 25.3. The summed E-state index contributed by atoms with van der Waals surface area (Å²) in [5.74, 6) is -1.30. The molecule has 0 saturated carbocycles. The molecule has 0 aliphatic rings. The minimum absolute atomic E-state index is 0.0325. The van der Waals surface area contributed by atoms with Gasteiger partial charge in [-0.1, -0.05) is 37.4 Å². The Labute approximate surface area is 202 Å². The van der Waals surface area contributed by atoms with Crippen LogP contribution in [-0.2, 0) is 19.1 Å². The van der Waals surface area contributed by atoms with Crippen molar-refractivity contribution in [1.29, 1.82) is 0 Å². The molecule has 2 unspecified atom stereocenters. The minimum Gasteiger partial charge on any atom is -0.488 e. The Kier molecular flexibility index (Phi) is 8.09. The Hall–Kier alpha value is -4.33. The quantitative estimate of drug-likeness (QED) is 0.240. The van der Waals surface area contributed by atoms with Crippen LogP contribution < -0.4 is 9.47 Å². The zero-order valence-electron chi connectivity index (χ0n) is 19.5. The van der Waals surface area contributed by atoms with Gasteiger partial charge in [0, 0.05) is 33.7 Å². The Bertz CT molecular complexity index is 1290. The van der Waals surface area contributed by atoms with Gasteiger partial charge in [-0.3, -0.25) is 0 Å². The topological polar surface area (TPSA) is 108 Å². The maximum atomic E-state index is 11.7. The summed E-state index contributed by atoms with van der Waals surface area (Å²) in [5.41, 5.74) is 0.0722. The number of hydrogen-bond acceptors (Lipinski definition) is 7. The summed E-state index contributed by atoms with van der Waals surface area (Å²) in [7, 11) is 0. The first-order valence-corrected chi connectivity index (χ1v) is 10.9. The molecule has 8 nitrogen and oxygen atoms in total. The fourth-order valence-corrected chi connectivity index (χ4v) is 3.51. The summed E-state index contributed by atoms with van der Waals surface area (Å²) >= 11 is 0. The van der Waals surface area contributed by atoms with Crippen LogP contribution >= 0.6 is 0 Å². The minimum atomic E-state index is -1.09. The van der Waals surface area contributed by atoms with Crippen molar-refractivity contribution < 1.29 is 38.4 Å². The molecule has 3 aromatic rings. The molecule has 182 valence electrons. The number of esters is 2. The van der Waals surface area contributed by atoms with E-state index in [1.165, 1.54) is 12.1 Å². The second kappa shape index (κ2) is 11.2. The predicted octanol–water partition coefficient (Wildman–Crippen LogP) is 4.68. The molecule has 3 rings (SSSR count). The van der Waals surface area contributed by atoms with E-state index in [0.29, 0.717) is 27.7 Å². The maximum Gasteiger partial charge on any atom is 0.335 e. The SMILES string of the molecule is C=CC(=O)OC(C)COc1c2ccccc2c(OCC(C)OC(=O)C=C)c2cc(C(=O)O)ccc12. The lowest BCUT2D eigenvalue weighted by atomic mass is 9.98. The lowest BCUT2D eigenvalue weighted by molar-refractivity contribution is -0.144. The van der Waals surface area contributed by atoms with Crippen LogP contribution in [0, 0.1) is 0 Å². The Balaban J connectivity index is 2.09. The van der Waals surface area contributed by atoms with Crippen LogP contribution in [-0.4, -0.2) is 48.4 Å². The second-order valence-electron chi connectivity index (χ2n) is 7.79. The molecule has 2 atom stereocenters. The van der Waals surface area contributed by atoms with Crippen molar-refractivity contribution >= 4 is 39.5 Å². The van der Waals surface area contributed by atoms with E-state index in [4.69, 9.17) is 18.9 Å². The molecular weight excluding hydrogens is 452 g/mol. The zero-order valence-corrected chi connectivity index (χ0v) is 19.5. The normalized spacial score (nSPS) is 12.4. The number of benzene rings is 3. The molecule has 3 aromatic carbocycles. The van der Waals surface area contributed by atoms with Gasteiger partial charge in [0.1, 0.15) is 36.9 Å². The van der Waals surface area contributed by atoms with E-state index < -0.39 is 30.1 Å². The first-order valence-electron chi connectivity index (χ1n) is 10.9. The first-order chi connectivity index (χ1) is 16.7. The largest absolute Gasteiger partial charge is 0.488 e. The highest BCUT2D eigenvalue weighted by molar-refractivity contribution is 6.12.